The number of fused-ring (bicyclic) bond motifs is 1. The fourth-order valence-corrected chi connectivity index (χ4v) is 3.61. The van der Waals surface area contributed by atoms with Crippen molar-refractivity contribution in [3.63, 3.8) is 0 Å². The molecule has 0 fully saturated rings. The van der Waals surface area contributed by atoms with Crippen molar-refractivity contribution in [3.05, 3.63) is 70.3 Å². The van der Waals surface area contributed by atoms with Gasteiger partial charge in [0.1, 0.15) is 5.82 Å². The Balaban J connectivity index is 1.72. The van der Waals surface area contributed by atoms with E-state index in [1.54, 1.807) is 28.8 Å². The summed E-state index contributed by atoms with van der Waals surface area (Å²) in [6.45, 7) is 4.93. The maximum atomic E-state index is 12.9. The van der Waals surface area contributed by atoms with Crippen LogP contribution in [0.25, 0.3) is 10.9 Å². The molecule has 3 aromatic rings. The molecule has 5 nitrogen and oxygen atoms in total. The fourth-order valence-electron chi connectivity index (χ4n) is 2.77. The number of benzene rings is 2. The molecule has 0 unspecified atom stereocenters. The minimum absolute atomic E-state index is 0.0893. The highest BCUT2D eigenvalue weighted by atomic mass is 32.2. The van der Waals surface area contributed by atoms with Crippen LogP contribution in [0.2, 0.25) is 0 Å². The van der Waals surface area contributed by atoms with E-state index in [9.17, 15) is 14.0 Å². The molecular weight excluding hydrogens is 377 g/mol. The molecule has 0 aliphatic heterocycles. The maximum Gasteiger partial charge on any atom is 0.262 e. The van der Waals surface area contributed by atoms with Gasteiger partial charge in [-0.3, -0.25) is 14.2 Å². The molecule has 0 aliphatic carbocycles. The number of hydrogen-bond acceptors (Lipinski definition) is 4. The lowest BCUT2D eigenvalue weighted by atomic mass is 10.2. The van der Waals surface area contributed by atoms with Crippen LogP contribution in [0.1, 0.15) is 19.4 Å². The second-order valence-corrected chi connectivity index (χ2v) is 7.86. The Bertz CT molecular complexity index is 1030. The second kappa shape index (κ2) is 9.01. The van der Waals surface area contributed by atoms with Gasteiger partial charge in [-0.15, -0.1) is 0 Å². The van der Waals surface area contributed by atoms with Crippen molar-refractivity contribution in [2.45, 2.75) is 32.1 Å². The fraction of sp³-hybridized carbons (Fsp3) is 0.286. The molecule has 0 spiro atoms. The minimum Gasteiger partial charge on any atom is -0.351 e. The number of rotatable bonds is 7. The molecule has 0 radical (unpaired) electrons. The Hall–Kier alpha value is -2.67. The van der Waals surface area contributed by atoms with E-state index in [2.05, 4.69) is 10.3 Å². The Morgan fingerprint density at radius 2 is 1.89 bits per heavy atom. The summed E-state index contributed by atoms with van der Waals surface area (Å²) in [6, 6.07) is 13.2. The summed E-state index contributed by atoms with van der Waals surface area (Å²) in [6.07, 6.45) is 0. The second-order valence-electron chi connectivity index (χ2n) is 6.91. The van der Waals surface area contributed by atoms with Gasteiger partial charge >= 0.3 is 0 Å². The molecule has 2 aromatic carbocycles. The van der Waals surface area contributed by atoms with Crippen molar-refractivity contribution >= 4 is 28.6 Å². The zero-order valence-corrected chi connectivity index (χ0v) is 16.6. The first-order valence-electron chi connectivity index (χ1n) is 9.07. The van der Waals surface area contributed by atoms with Crippen LogP contribution >= 0.6 is 11.8 Å². The van der Waals surface area contributed by atoms with E-state index in [4.69, 9.17) is 0 Å². The molecule has 1 aromatic heterocycles. The number of amides is 1. The number of thioether (sulfide) groups is 1. The molecule has 0 bridgehead atoms. The molecule has 7 heteroatoms. The number of hydrogen-bond donors (Lipinski definition) is 1. The van der Waals surface area contributed by atoms with E-state index in [0.29, 0.717) is 29.1 Å². The number of para-hydroxylation sites is 1. The molecular formula is C21H22FN3O2S. The summed E-state index contributed by atoms with van der Waals surface area (Å²) >= 11 is 1.24. The van der Waals surface area contributed by atoms with Crippen LogP contribution in [0.4, 0.5) is 4.39 Å². The lowest BCUT2D eigenvalue weighted by Crippen LogP contribution is -2.27. The number of carbonyl (C=O) groups is 1. The summed E-state index contributed by atoms with van der Waals surface area (Å²) in [4.78, 5) is 29.7. The summed E-state index contributed by atoms with van der Waals surface area (Å²) in [7, 11) is 0. The van der Waals surface area contributed by atoms with Crippen molar-refractivity contribution in [1.82, 2.24) is 14.9 Å². The minimum atomic E-state index is -0.309. The Labute approximate surface area is 167 Å². The van der Waals surface area contributed by atoms with Gasteiger partial charge in [0.2, 0.25) is 5.91 Å². The van der Waals surface area contributed by atoms with E-state index >= 15 is 0 Å². The number of halogens is 1. The molecule has 0 saturated carbocycles. The Morgan fingerprint density at radius 3 is 2.61 bits per heavy atom. The summed E-state index contributed by atoms with van der Waals surface area (Å²) < 4.78 is 14.6. The average molecular weight is 399 g/mol. The van der Waals surface area contributed by atoms with E-state index in [1.807, 2.05) is 26.0 Å². The lowest BCUT2D eigenvalue weighted by Gasteiger charge is -2.14. The molecule has 3 rings (SSSR count). The zero-order chi connectivity index (χ0) is 20.1. The van der Waals surface area contributed by atoms with Gasteiger partial charge in [0.05, 0.1) is 16.7 Å². The monoisotopic (exact) mass is 399 g/mol. The Morgan fingerprint density at radius 1 is 1.18 bits per heavy atom. The predicted octanol–water partition coefficient (Wildman–Crippen LogP) is 3.60. The predicted molar refractivity (Wildman–Crippen MR) is 110 cm³/mol. The van der Waals surface area contributed by atoms with Crippen LogP contribution < -0.4 is 10.9 Å². The molecule has 1 amide bonds. The van der Waals surface area contributed by atoms with Crippen molar-refractivity contribution in [2.24, 2.45) is 5.92 Å². The number of aromatic nitrogens is 2. The average Bonchev–Trinajstić information content (AvgIpc) is 2.68. The van der Waals surface area contributed by atoms with Crippen molar-refractivity contribution in [3.8, 4) is 0 Å². The van der Waals surface area contributed by atoms with Crippen molar-refractivity contribution in [1.29, 1.82) is 0 Å². The van der Waals surface area contributed by atoms with Gasteiger partial charge in [0.25, 0.3) is 5.56 Å². The molecule has 0 saturated heterocycles. The third-order valence-corrected chi connectivity index (χ3v) is 5.09. The first kappa shape index (κ1) is 20.1. The third-order valence-electron chi connectivity index (χ3n) is 4.11. The third kappa shape index (κ3) is 4.98. The van der Waals surface area contributed by atoms with Gasteiger partial charge in [0, 0.05) is 13.1 Å². The van der Waals surface area contributed by atoms with Crippen LogP contribution in [0, 0.1) is 11.7 Å². The maximum absolute atomic E-state index is 12.9. The van der Waals surface area contributed by atoms with E-state index in [1.165, 1.54) is 23.9 Å². The van der Waals surface area contributed by atoms with E-state index in [-0.39, 0.29) is 29.0 Å². The largest absolute Gasteiger partial charge is 0.351 e. The van der Waals surface area contributed by atoms with Crippen LogP contribution in [-0.4, -0.2) is 21.2 Å². The molecule has 0 atom stereocenters. The SMILES string of the molecule is CC(C)Cn1c(SCC(=O)NCc2ccc(F)cc2)nc2ccccc2c1=O. The number of nitrogens with zero attached hydrogens (tertiary/aromatic N) is 2. The van der Waals surface area contributed by atoms with Crippen LogP contribution in [0.15, 0.2) is 58.5 Å². The summed E-state index contributed by atoms with van der Waals surface area (Å²) in [5, 5.41) is 3.92. The molecule has 0 aliphatic rings. The van der Waals surface area contributed by atoms with Crippen molar-refractivity contribution < 1.29 is 9.18 Å². The highest BCUT2D eigenvalue weighted by Gasteiger charge is 2.14. The standard InChI is InChI=1S/C21H22FN3O2S/c1-14(2)12-25-20(27)17-5-3-4-6-18(17)24-21(25)28-13-19(26)23-11-15-7-9-16(22)10-8-15/h3-10,14H,11-13H2,1-2H3,(H,23,26). The Kier molecular flexibility index (Phi) is 6.46. The van der Waals surface area contributed by atoms with Gasteiger partial charge in [-0.05, 0) is 35.7 Å². The molecule has 146 valence electrons. The molecule has 1 N–H and O–H groups in total. The molecule has 1 heterocycles. The number of nitrogens with one attached hydrogen (secondary N) is 1. The summed E-state index contributed by atoms with van der Waals surface area (Å²) in [5.41, 5.74) is 1.36. The van der Waals surface area contributed by atoms with Gasteiger partial charge in [-0.2, -0.15) is 0 Å². The van der Waals surface area contributed by atoms with Crippen molar-refractivity contribution in [2.75, 3.05) is 5.75 Å². The quantitative estimate of drug-likeness (QED) is 0.487. The summed E-state index contributed by atoms with van der Waals surface area (Å²) in [5.74, 6) is -0.0689. The zero-order valence-electron chi connectivity index (χ0n) is 15.8. The first-order valence-corrected chi connectivity index (χ1v) is 10.1. The highest BCUT2D eigenvalue weighted by Crippen LogP contribution is 2.18. The lowest BCUT2D eigenvalue weighted by molar-refractivity contribution is -0.118. The molecule has 28 heavy (non-hydrogen) atoms. The van der Waals surface area contributed by atoms with Crippen LogP contribution in [0.5, 0.6) is 0 Å². The normalized spacial score (nSPS) is 11.1. The van der Waals surface area contributed by atoms with E-state index < -0.39 is 0 Å². The van der Waals surface area contributed by atoms with Gasteiger partial charge < -0.3 is 5.32 Å². The van der Waals surface area contributed by atoms with Crippen LogP contribution in [0.3, 0.4) is 0 Å². The van der Waals surface area contributed by atoms with Gasteiger partial charge in [-0.1, -0.05) is 49.9 Å². The first-order chi connectivity index (χ1) is 13.4. The smallest absolute Gasteiger partial charge is 0.262 e. The van der Waals surface area contributed by atoms with E-state index in [0.717, 1.165) is 5.56 Å². The van der Waals surface area contributed by atoms with Gasteiger partial charge in [0.15, 0.2) is 5.16 Å². The van der Waals surface area contributed by atoms with Crippen LogP contribution in [-0.2, 0) is 17.9 Å². The van der Waals surface area contributed by atoms with Gasteiger partial charge in [-0.25, -0.2) is 9.37 Å². The highest BCUT2D eigenvalue weighted by molar-refractivity contribution is 7.99. The topological polar surface area (TPSA) is 64.0 Å². The number of carbonyl (C=O) groups excluding carboxylic acids is 1.